The molecule has 0 aliphatic heterocycles. The minimum Gasteiger partial charge on any atom is -0.397 e. The van der Waals surface area contributed by atoms with Crippen LogP contribution in [-0.4, -0.2) is 17.4 Å². The number of hydrogen-bond acceptors (Lipinski definition) is 3. The maximum absolute atomic E-state index is 11.9. The molecule has 1 fully saturated rings. The van der Waals surface area contributed by atoms with Crippen molar-refractivity contribution in [3.05, 3.63) is 24.0 Å². The Hall–Kier alpha value is -1.58. The first-order valence-corrected chi connectivity index (χ1v) is 6.26. The Labute approximate surface area is 108 Å². The fourth-order valence-electron chi connectivity index (χ4n) is 2.67. The summed E-state index contributed by atoms with van der Waals surface area (Å²) in [5, 5.41) is 2.95. The van der Waals surface area contributed by atoms with Gasteiger partial charge in [-0.1, -0.05) is 27.7 Å². The molecular weight excluding hydrogens is 226 g/mol. The molecule has 4 nitrogen and oxygen atoms in total. The van der Waals surface area contributed by atoms with Gasteiger partial charge in [-0.15, -0.1) is 0 Å². The minimum absolute atomic E-state index is 0.131. The number of amides is 1. The lowest BCUT2D eigenvalue weighted by molar-refractivity contribution is 0.0945. The molecule has 1 aromatic rings. The molecule has 1 saturated carbocycles. The molecule has 0 atom stereocenters. The summed E-state index contributed by atoms with van der Waals surface area (Å²) in [7, 11) is 0. The van der Waals surface area contributed by atoms with Crippen LogP contribution in [0.15, 0.2) is 18.3 Å². The zero-order valence-corrected chi connectivity index (χ0v) is 11.4. The van der Waals surface area contributed by atoms with Crippen molar-refractivity contribution >= 4 is 11.6 Å². The fourth-order valence-corrected chi connectivity index (χ4v) is 2.67. The Bertz CT molecular complexity index is 448. The number of nitrogens with zero attached hydrogens (tertiary/aromatic N) is 1. The zero-order chi connectivity index (χ0) is 13.6. The summed E-state index contributed by atoms with van der Waals surface area (Å²) in [6, 6.07) is 3.33. The number of pyridine rings is 1. The topological polar surface area (TPSA) is 68.0 Å². The third-order valence-corrected chi connectivity index (χ3v) is 4.81. The third-order valence-electron chi connectivity index (χ3n) is 4.81. The number of carbonyl (C=O) groups is 1. The molecule has 1 heterocycles. The lowest BCUT2D eigenvalue weighted by atomic mass is 10.0. The molecule has 1 aliphatic rings. The van der Waals surface area contributed by atoms with Crippen LogP contribution < -0.4 is 11.1 Å². The summed E-state index contributed by atoms with van der Waals surface area (Å²) in [5.74, 6) is 0.385. The molecule has 4 heteroatoms. The molecule has 0 spiro atoms. The summed E-state index contributed by atoms with van der Waals surface area (Å²) < 4.78 is 0. The van der Waals surface area contributed by atoms with Crippen LogP contribution in [0.2, 0.25) is 0 Å². The van der Waals surface area contributed by atoms with Gasteiger partial charge in [-0.05, 0) is 28.9 Å². The number of nitrogens with one attached hydrogen (secondary N) is 1. The van der Waals surface area contributed by atoms with Gasteiger partial charge in [-0.3, -0.25) is 4.79 Å². The lowest BCUT2D eigenvalue weighted by Crippen LogP contribution is -2.27. The normalized spacial score (nSPS) is 20.4. The number of aromatic nitrogens is 1. The van der Waals surface area contributed by atoms with E-state index in [0.717, 1.165) is 0 Å². The Balaban J connectivity index is 1.92. The van der Waals surface area contributed by atoms with Crippen molar-refractivity contribution in [2.75, 3.05) is 12.3 Å². The lowest BCUT2D eigenvalue weighted by Gasteiger charge is -2.06. The largest absolute Gasteiger partial charge is 0.397 e. The predicted octanol–water partition coefficient (Wildman–Crippen LogP) is 2.08. The van der Waals surface area contributed by atoms with Crippen molar-refractivity contribution in [1.82, 2.24) is 10.3 Å². The van der Waals surface area contributed by atoms with Gasteiger partial charge in [0.2, 0.25) is 0 Å². The summed E-state index contributed by atoms with van der Waals surface area (Å²) >= 11 is 0. The summed E-state index contributed by atoms with van der Waals surface area (Å²) in [5.41, 5.74) is 7.09. The van der Waals surface area contributed by atoms with Crippen LogP contribution in [-0.2, 0) is 0 Å². The maximum Gasteiger partial charge on any atom is 0.269 e. The first kappa shape index (κ1) is 12.9. The molecule has 0 radical (unpaired) electrons. The Morgan fingerprint density at radius 3 is 2.39 bits per heavy atom. The van der Waals surface area contributed by atoms with E-state index in [1.807, 2.05) is 0 Å². The average molecular weight is 247 g/mol. The van der Waals surface area contributed by atoms with E-state index in [0.29, 0.717) is 23.8 Å². The molecular formula is C14H21N3O. The maximum atomic E-state index is 11.9. The van der Waals surface area contributed by atoms with Crippen molar-refractivity contribution in [1.29, 1.82) is 0 Å². The van der Waals surface area contributed by atoms with Gasteiger partial charge in [0.25, 0.3) is 5.91 Å². The molecule has 0 bridgehead atoms. The molecule has 1 amide bonds. The molecule has 98 valence electrons. The highest BCUT2D eigenvalue weighted by atomic mass is 16.1. The standard InChI is InChI=1S/C14H21N3O/c1-13(2)11(14(13,3)4)8-17-12(18)10-6-5-9(15)7-16-10/h5-7,11H,8,15H2,1-4H3,(H,17,18). The van der Waals surface area contributed by atoms with Gasteiger partial charge in [0.1, 0.15) is 5.69 Å². The van der Waals surface area contributed by atoms with Gasteiger partial charge in [-0.25, -0.2) is 4.98 Å². The van der Waals surface area contributed by atoms with Gasteiger partial charge in [0, 0.05) is 6.54 Å². The van der Waals surface area contributed by atoms with Gasteiger partial charge >= 0.3 is 0 Å². The first-order chi connectivity index (χ1) is 8.26. The van der Waals surface area contributed by atoms with Crippen molar-refractivity contribution < 1.29 is 4.79 Å². The first-order valence-electron chi connectivity index (χ1n) is 6.26. The Morgan fingerprint density at radius 2 is 1.94 bits per heavy atom. The van der Waals surface area contributed by atoms with Crippen molar-refractivity contribution in [2.24, 2.45) is 16.7 Å². The van der Waals surface area contributed by atoms with Gasteiger partial charge in [0.05, 0.1) is 11.9 Å². The number of rotatable bonds is 3. The monoisotopic (exact) mass is 247 g/mol. The summed E-state index contributed by atoms with van der Waals surface area (Å²) in [4.78, 5) is 15.9. The fraction of sp³-hybridized carbons (Fsp3) is 0.571. The number of anilines is 1. The van der Waals surface area contributed by atoms with E-state index in [1.54, 1.807) is 12.1 Å². The van der Waals surface area contributed by atoms with Crippen molar-refractivity contribution in [3.8, 4) is 0 Å². The van der Waals surface area contributed by atoms with Crippen LogP contribution in [0.1, 0.15) is 38.2 Å². The quantitative estimate of drug-likeness (QED) is 0.859. The van der Waals surface area contributed by atoms with Crippen LogP contribution in [0.5, 0.6) is 0 Å². The summed E-state index contributed by atoms with van der Waals surface area (Å²) in [6.45, 7) is 9.66. The van der Waals surface area contributed by atoms with Crippen LogP contribution in [0.3, 0.4) is 0 Å². The highest BCUT2D eigenvalue weighted by molar-refractivity contribution is 5.92. The van der Waals surface area contributed by atoms with Gasteiger partial charge in [0.15, 0.2) is 0 Å². The van der Waals surface area contributed by atoms with Crippen molar-refractivity contribution in [3.63, 3.8) is 0 Å². The second-order valence-electron chi connectivity index (χ2n) is 6.18. The van der Waals surface area contributed by atoms with Crippen LogP contribution in [0, 0.1) is 16.7 Å². The second kappa shape index (κ2) is 3.97. The predicted molar refractivity (Wildman–Crippen MR) is 72.0 cm³/mol. The number of nitrogens with two attached hydrogens (primary N) is 1. The molecule has 1 aliphatic carbocycles. The number of hydrogen-bond donors (Lipinski definition) is 2. The van der Waals surface area contributed by atoms with Crippen LogP contribution in [0.25, 0.3) is 0 Å². The van der Waals surface area contributed by atoms with E-state index >= 15 is 0 Å². The minimum atomic E-state index is -0.131. The second-order valence-corrected chi connectivity index (χ2v) is 6.18. The average Bonchev–Trinajstić information content (AvgIpc) is 2.67. The highest BCUT2D eigenvalue weighted by Crippen LogP contribution is 2.67. The van der Waals surface area contributed by atoms with E-state index in [1.165, 1.54) is 6.20 Å². The number of nitrogen functional groups attached to an aromatic ring is 1. The third kappa shape index (κ3) is 1.96. The molecule has 1 aromatic heterocycles. The number of carbonyl (C=O) groups excluding carboxylic acids is 1. The molecule has 2 rings (SSSR count). The Morgan fingerprint density at radius 1 is 1.33 bits per heavy atom. The summed E-state index contributed by atoms with van der Waals surface area (Å²) in [6.07, 6.45) is 1.50. The van der Waals surface area contributed by atoms with Crippen LogP contribution >= 0.6 is 0 Å². The van der Waals surface area contributed by atoms with E-state index in [2.05, 4.69) is 38.0 Å². The molecule has 18 heavy (non-hydrogen) atoms. The smallest absolute Gasteiger partial charge is 0.269 e. The molecule has 3 N–H and O–H groups in total. The Kier molecular flexibility index (Phi) is 2.84. The molecule has 0 aromatic carbocycles. The van der Waals surface area contributed by atoms with E-state index in [-0.39, 0.29) is 16.7 Å². The van der Waals surface area contributed by atoms with E-state index in [9.17, 15) is 4.79 Å². The SMILES string of the molecule is CC1(C)C(CNC(=O)c2ccc(N)cn2)C1(C)C. The highest BCUT2D eigenvalue weighted by Gasteiger charge is 2.64. The van der Waals surface area contributed by atoms with Crippen LogP contribution in [0.4, 0.5) is 5.69 Å². The van der Waals surface area contributed by atoms with Crippen molar-refractivity contribution in [2.45, 2.75) is 27.7 Å². The zero-order valence-electron chi connectivity index (χ0n) is 11.4. The van der Waals surface area contributed by atoms with E-state index < -0.39 is 0 Å². The molecule has 0 saturated heterocycles. The molecule has 0 unspecified atom stereocenters. The van der Waals surface area contributed by atoms with Gasteiger partial charge < -0.3 is 11.1 Å². The van der Waals surface area contributed by atoms with E-state index in [4.69, 9.17) is 5.73 Å². The van der Waals surface area contributed by atoms with Gasteiger partial charge in [-0.2, -0.15) is 0 Å².